The van der Waals surface area contributed by atoms with Crippen LogP contribution in [0.4, 0.5) is 0 Å². The van der Waals surface area contributed by atoms with E-state index in [1.54, 1.807) is 0 Å². The average molecular weight is 245 g/mol. The van der Waals surface area contributed by atoms with Gasteiger partial charge in [0.1, 0.15) is 7.05 Å². The summed E-state index contributed by atoms with van der Waals surface area (Å²) in [5.74, 6) is 0.564. The molecule has 0 amide bonds. The van der Waals surface area contributed by atoms with Gasteiger partial charge >= 0.3 is 0 Å². The lowest BCUT2D eigenvalue weighted by molar-refractivity contribution is -0.682. The van der Waals surface area contributed by atoms with Crippen LogP contribution in [0.1, 0.15) is 48.0 Å². The Bertz CT molecular complexity index is 631. The molecule has 0 saturated heterocycles. The predicted molar refractivity (Wildman–Crippen MR) is 77.1 cm³/mol. The lowest BCUT2D eigenvalue weighted by Crippen LogP contribution is -2.36. The third-order valence-corrected chi connectivity index (χ3v) is 4.58. The highest BCUT2D eigenvalue weighted by Crippen LogP contribution is 2.34. The van der Waals surface area contributed by atoms with Crippen LogP contribution in [0.5, 0.6) is 0 Å². The van der Waals surface area contributed by atoms with E-state index in [1.165, 1.54) is 39.1 Å². The fourth-order valence-corrected chi connectivity index (χ4v) is 3.18. The first-order valence-electron chi connectivity index (χ1n) is 6.73. The Kier molecular flexibility index (Phi) is 3.00. The van der Waals surface area contributed by atoms with Crippen molar-refractivity contribution >= 4 is 10.9 Å². The van der Waals surface area contributed by atoms with Gasteiger partial charge in [0.2, 0.25) is 0 Å². The van der Waals surface area contributed by atoms with E-state index >= 15 is 0 Å². The van der Waals surface area contributed by atoms with Gasteiger partial charge in [0.15, 0.2) is 11.4 Å². The highest BCUT2D eigenvalue weighted by atomic mass is 15.0. The molecule has 0 spiro atoms. The van der Waals surface area contributed by atoms with Crippen molar-refractivity contribution in [1.29, 1.82) is 0 Å². The molecule has 18 heavy (non-hydrogen) atoms. The van der Waals surface area contributed by atoms with Crippen LogP contribution in [-0.2, 0) is 14.1 Å². The number of hydrogen-bond donors (Lipinski definition) is 0. The Morgan fingerprint density at radius 3 is 2.06 bits per heavy atom. The van der Waals surface area contributed by atoms with Gasteiger partial charge in [-0.15, -0.1) is 0 Å². The molecule has 0 aliphatic heterocycles. The van der Waals surface area contributed by atoms with E-state index in [0.717, 1.165) is 0 Å². The molecule has 0 N–H and O–H groups in total. The Morgan fingerprint density at radius 2 is 1.56 bits per heavy atom. The van der Waals surface area contributed by atoms with Crippen LogP contribution < -0.4 is 4.57 Å². The summed E-state index contributed by atoms with van der Waals surface area (Å²) < 4.78 is 4.68. The van der Waals surface area contributed by atoms with Crippen LogP contribution in [0.3, 0.4) is 0 Å². The second-order valence-electron chi connectivity index (χ2n) is 5.79. The minimum Gasteiger partial charge on any atom is -0.347 e. The van der Waals surface area contributed by atoms with Gasteiger partial charge < -0.3 is 4.57 Å². The molecule has 2 aromatic rings. The number of rotatable bonds is 1. The number of hydrogen-bond acceptors (Lipinski definition) is 0. The summed E-state index contributed by atoms with van der Waals surface area (Å²) in [7, 11) is 4.36. The van der Waals surface area contributed by atoms with Crippen molar-refractivity contribution in [2.45, 2.75) is 47.5 Å². The van der Waals surface area contributed by atoms with E-state index in [4.69, 9.17) is 0 Å². The van der Waals surface area contributed by atoms with E-state index in [0.29, 0.717) is 5.92 Å². The monoisotopic (exact) mass is 245 g/mol. The number of aryl methyl sites for hydroxylation is 3. The third kappa shape index (κ3) is 1.51. The molecule has 2 heteroatoms. The summed E-state index contributed by atoms with van der Waals surface area (Å²) in [6, 6.07) is 0. The van der Waals surface area contributed by atoms with Gasteiger partial charge in [0.05, 0.1) is 10.9 Å². The van der Waals surface area contributed by atoms with Crippen molar-refractivity contribution in [2.24, 2.45) is 14.1 Å². The second-order valence-corrected chi connectivity index (χ2v) is 5.79. The van der Waals surface area contributed by atoms with Gasteiger partial charge in [0, 0.05) is 32.2 Å². The minimum absolute atomic E-state index is 0.564. The summed E-state index contributed by atoms with van der Waals surface area (Å²) in [6.45, 7) is 13.5. The molecule has 0 radical (unpaired) electrons. The molecular weight excluding hydrogens is 220 g/mol. The summed E-state index contributed by atoms with van der Waals surface area (Å²) >= 11 is 0. The molecule has 2 nitrogen and oxygen atoms in total. The molecule has 0 unspecified atom stereocenters. The molecule has 2 aromatic heterocycles. The summed E-state index contributed by atoms with van der Waals surface area (Å²) in [5, 5.41) is 1.45. The summed E-state index contributed by atoms with van der Waals surface area (Å²) in [6.07, 6.45) is 0. The SMILES string of the molecule is Cc1c(C)[n+](C)c(C)c2c(C(C)C)c(C)n(C)c12. The number of aromatic nitrogens is 2. The van der Waals surface area contributed by atoms with E-state index in [9.17, 15) is 0 Å². The topological polar surface area (TPSA) is 8.81 Å². The Hall–Kier alpha value is -1.31. The Morgan fingerprint density at radius 1 is 1.00 bits per heavy atom. The van der Waals surface area contributed by atoms with Crippen molar-refractivity contribution in [3.8, 4) is 0 Å². The maximum atomic E-state index is 2.36. The first-order valence-corrected chi connectivity index (χ1v) is 6.73. The third-order valence-electron chi connectivity index (χ3n) is 4.58. The van der Waals surface area contributed by atoms with Gasteiger partial charge in [-0.05, 0) is 25.3 Å². The molecule has 0 aliphatic rings. The van der Waals surface area contributed by atoms with Crippen LogP contribution in [0.15, 0.2) is 0 Å². The second kappa shape index (κ2) is 4.11. The van der Waals surface area contributed by atoms with Crippen LogP contribution in [0.2, 0.25) is 0 Å². The Labute approximate surface area is 110 Å². The highest BCUT2D eigenvalue weighted by molar-refractivity contribution is 5.89. The van der Waals surface area contributed by atoms with Crippen molar-refractivity contribution < 1.29 is 4.57 Å². The van der Waals surface area contributed by atoms with Crippen LogP contribution in [0, 0.1) is 27.7 Å². The maximum Gasteiger partial charge on any atom is 0.187 e. The summed E-state index contributed by atoms with van der Waals surface area (Å²) in [5.41, 5.74) is 8.44. The van der Waals surface area contributed by atoms with Crippen LogP contribution >= 0.6 is 0 Å². The van der Waals surface area contributed by atoms with Crippen LogP contribution in [-0.4, -0.2) is 4.57 Å². The zero-order valence-electron chi connectivity index (χ0n) is 13.0. The quantitative estimate of drug-likeness (QED) is 0.681. The van der Waals surface area contributed by atoms with Crippen molar-refractivity contribution in [1.82, 2.24) is 4.57 Å². The number of fused-ring (bicyclic) bond motifs is 1. The fourth-order valence-electron chi connectivity index (χ4n) is 3.18. The lowest BCUT2D eigenvalue weighted by Gasteiger charge is -2.08. The zero-order valence-corrected chi connectivity index (χ0v) is 13.0. The fraction of sp³-hybridized carbons (Fsp3) is 0.562. The van der Waals surface area contributed by atoms with E-state index in [2.05, 4.69) is 64.8 Å². The van der Waals surface area contributed by atoms with E-state index in [1.807, 2.05) is 0 Å². The van der Waals surface area contributed by atoms with E-state index in [-0.39, 0.29) is 0 Å². The molecule has 2 rings (SSSR count). The van der Waals surface area contributed by atoms with Gasteiger partial charge in [-0.2, -0.15) is 0 Å². The van der Waals surface area contributed by atoms with Crippen LogP contribution in [0.25, 0.3) is 10.9 Å². The first-order chi connectivity index (χ1) is 8.29. The van der Waals surface area contributed by atoms with E-state index < -0.39 is 0 Å². The lowest BCUT2D eigenvalue weighted by atomic mass is 9.97. The predicted octanol–water partition coefficient (Wildman–Crippen LogP) is 3.36. The van der Waals surface area contributed by atoms with Crippen molar-refractivity contribution in [3.05, 3.63) is 28.2 Å². The normalized spacial score (nSPS) is 11.8. The maximum absolute atomic E-state index is 2.36. The minimum atomic E-state index is 0.564. The highest BCUT2D eigenvalue weighted by Gasteiger charge is 2.24. The molecule has 2 heterocycles. The smallest absolute Gasteiger partial charge is 0.187 e. The van der Waals surface area contributed by atoms with Crippen molar-refractivity contribution in [2.75, 3.05) is 0 Å². The number of pyridine rings is 1. The first kappa shape index (κ1) is 13.1. The molecule has 0 atom stereocenters. The van der Waals surface area contributed by atoms with Gasteiger partial charge in [-0.1, -0.05) is 13.8 Å². The van der Waals surface area contributed by atoms with Gasteiger partial charge in [-0.3, -0.25) is 0 Å². The summed E-state index contributed by atoms with van der Waals surface area (Å²) in [4.78, 5) is 0. The molecule has 0 aliphatic carbocycles. The average Bonchev–Trinajstić information content (AvgIpc) is 2.57. The zero-order chi connectivity index (χ0) is 13.8. The van der Waals surface area contributed by atoms with Gasteiger partial charge in [0.25, 0.3) is 0 Å². The largest absolute Gasteiger partial charge is 0.347 e. The molecule has 0 fully saturated rings. The van der Waals surface area contributed by atoms with Crippen molar-refractivity contribution in [3.63, 3.8) is 0 Å². The Balaban J connectivity index is 3.11. The molecule has 0 aromatic carbocycles. The van der Waals surface area contributed by atoms with Gasteiger partial charge in [-0.25, -0.2) is 4.57 Å². The standard InChI is InChI=1S/C16H25N2/c1-9(2)14-12(5)18(8)16-10(3)11(4)17(7)13(6)15(14)16/h9H,1-8H3/q+1. The molecule has 0 bridgehead atoms. The molecule has 0 saturated carbocycles. The number of nitrogens with zero attached hydrogens (tertiary/aromatic N) is 2. The molecular formula is C16H25N2+. The molecule has 98 valence electrons.